The molecule has 16 heavy (non-hydrogen) atoms. The first-order chi connectivity index (χ1) is 7.79. The molecule has 0 spiro atoms. The molecule has 2 aliphatic heterocycles. The highest BCUT2D eigenvalue weighted by Gasteiger charge is 2.54. The third-order valence-electron chi connectivity index (χ3n) is 4.00. The molecule has 0 radical (unpaired) electrons. The van der Waals surface area contributed by atoms with E-state index in [1.807, 2.05) is 0 Å². The second-order valence-corrected chi connectivity index (χ2v) is 4.87. The van der Waals surface area contributed by atoms with Crippen molar-refractivity contribution in [2.75, 3.05) is 19.8 Å². The van der Waals surface area contributed by atoms with Gasteiger partial charge in [0.25, 0.3) is 0 Å². The summed E-state index contributed by atoms with van der Waals surface area (Å²) in [7, 11) is 0. The van der Waals surface area contributed by atoms with Crippen LogP contribution in [0.2, 0.25) is 0 Å². The van der Waals surface area contributed by atoms with Gasteiger partial charge in [0.05, 0.1) is 18.8 Å². The van der Waals surface area contributed by atoms with E-state index in [1.165, 1.54) is 0 Å². The molecule has 2 saturated heterocycles. The van der Waals surface area contributed by atoms with Gasteiger partial charge in [0.1, 0.15) is 0 Å². The zero-order valence-corrected chi connectivity index (χ0v) is 9.30. The van der Waals surface area contributed by atoms with Crippen molar-refractivity contribution in [2.24, 2.45) is 11.7 Å². The number of carbonyl (C=O) groups excluding carboxylic acids is 1. The van der Waals surface area contributed by atoms with Gasteiger partial charge < -0.3 is 20.1 Å². The van der Waals surface area contributed by atoms with Gasteiger partial charge in [0, 0.05) is 25.1 Å². The van der Waals surface area contributed by atoms with Gasteiger partial charge in [-0.15, -0.1) is 0 Å². The van der Waals surface area contributed by atoms with Gasteiger partial charge in [0.15, 0.2) is 0 Å². The lowest BCUT2D eigenvalue weighted by Crippen LogP contribution is -2.73. The van der Waals surface area contributed by atoms with Crippen LogP contribution >= 0.6 is 0 Å². The summed E-state index contributed by atoms with van der Waals surface area (Å²) < 4.78 is 10.8. The fourth-order valence-corrected chi connectivity index (χ4v) is 3.14. The molecule has 3 rings (SSSR count). The van der Waals surface area contributed by atoms with Crippen LogP contribution < -0.4 is 5.73 Å². The van der Waals surface area contributed by atoms with Crippen LogP contribution in [0.25, 0.3) is 0 Å². The molecule has 1 aliphatic carbocycles. The first-order valence-electron chi connectivity index (χ1n) is 6.09. The van der Waals surface area contributed by atoms with E-state index in [0.717, 1.165) is 32.4 Å². The average molecular weight is 226 g/mol. The minimum atomic E-state index is -0.223. The molecule has 90 valence electrons. The normalized spacial score (nSPS) is 43.3. The molecule has 4 atom stereocenters. The molecular weight excluding hydrogens is 208 g/mol. The molecule has 1 saturated carbocycles. The Morgan fingerprint density at radius 2 is 2.19 bits per heavy atom. The molecule has 3 aliphatic rings. The van der Waals surface area contributed by atoms with Crippen LogP contribution in [0.4, 0.5) is 4.79 Å². The summed E-state index contributed by atoms with van der Waals surface area (Å²) in [6, 6.07) is 0.106. The maximum Gasteiger partial charge on any atom is 0.410 e. The van der Waals surface area contributed by atoms with Crippen LogP contribution in [-0.2, 0) is 9.47 Å². The van der Waals surface area contributed by atoms with E-state index in [0.29, 0.717) is 12.5 Å². The van der Waals surface area contributed by atoms with Gasteiger partial charge in [-0.25, -0.2) is 4.79 Å². The number of ether oxygens (including phenoxy) is 2. The van der Waals surface area contributed by atoms with Gasteiger partial charge in [-0.2, -0.15) is 0 Å². The molecule has 4 unspecified atom stereocenters. The number of nitrogens with zero attached hydrogens (tertiary/aromatic N) is 1. The van der Waals surface area contributed by atoms with Gasteiger partial charge in [-0.1, -0.05) is 0 Å². The molecule has 0 aromatic rings. The minimum Gasteiger partial charge on any atom is -0.449 e. The van der Waals surface area contributed by atoms with Crippen LogP contribution in [0.3, 0.4) is 0 Å². The largest absolute Gasteiger partial charge is 0.449 e. The van der Waals surface area contributed by atoms with E-state index >= 15 is 0 Å². The summed E-state index contributed by atoms with van der Waals surface area (Å²) in [4.78, 5) is 13.4. The second-order valence-electron chi connectivity index (χ2n) is 4.87. The van der Waals surface area contributed by atoms with Crippen molar-refractivity contribution in [1.82, 2.24) is 4.90 Å². The molecule has 0 aromatic carbocycles. The van der Waals surface area contributed by atoms with Crippen molar-refractivity contribution in [2.45, 2.75) is 37.5 Å². The van der Waals surface area contributed by atoms with E-state index in [2.05, 4.69) is 0 Å². The van der Waals surface area contributed by atoms with Crippen LogP contribution in [0, 0.1) is 5.92 Å². The highest BCUT2D eigenvalue weighted by Crippen LogP contribution is 2.40. The Kier molecular flexibility index (Phi) is 2.52. The summed E-state index contributed by atoms with van der Waals surface area (Å²) in [6.45, 7) is 2.09. The number of rotatable bonds is 1. The number of amides is 1. The SMILES string of the molecule is NC1C2CCCOC2C1N1CCCOC1=O. The number of fused-ring (bicyclic) bond motifs is 1. The average Bonchev–Trinajstić information content (AvgIpc) is 2.31. The van der Waals surface area contributed by atoms with Crippen molar-refractivity contribution in [3.05, 3.63) is 0 Å². The smallest absolute Gasteiger partial charge is 0.410 e. The number of carbonyl (C=O) groups is 1. The monoisotopic (exact) mass is 226 g/mol. The first-order valence-corrected chi connectivity index (χ1v) is 6.09. The summed E-state index contributed by atoms with van der Waals surface area (Å²) in [5.74, 6) is 0.438. The molecule has 2 N–H and O–H groups in total. The van der Waals surface area contributed by atoms with Gasteiger partial charge in [0.2, 0.25) is 0 Å². The molecular formula is C11H18N2O3. The third-order valence-corrected chi connectivity index (χ3v) is 4.00. The summed E-state index contributed by atoms with van der Waals surface area (Å²) >= 11 is 0. The Balaban J connectivity index is 1.72. The molecule has 3 fully saturated rings. The maximum absolute atomic E-state index is 11.6. The Morgan fingerprint density at radius 3 is 3.00 bits per heavy atom. The first kappa shape index (κ1) is 10.4. The quantitative estimate of drug-likeness (QED) is 0.700. The van der Waals surface area contributed by atoms with Crippen molar-refractivity contribution in [3.8, 4) is 0 Å². The van der Waals surface area contributed by atoms with Gasteiger partial charge in [-0.3, -0.25) is 0 Å². The summed E-state index contributed by atoms with van der Waals surface area (Å²) in [5, 5.41) is 0. The van der Waals surface area contributed by atoms with Crippen LogP contribution in [0.1, 0.15) is 19.3 Å². The van der Waals surface area contributed by atoms with E-state index in [4.69, 9.17) is 15.2 Å². The third kappa shape index (κ3) is 1.42. The predicted octanol–water partition coefficient (Wildman–Crippen LogP) is 0.333. The highest BCUT2D eigenvalue weighted by molar-refractivity contribution is 5.69. The Labute approximate surface area is 94.9 Å². The number of hydrogen-bond acceptors (Lipinski definition) is 4. The lowest BCUT2D eigenvalue weighted by atomic mass is 9.68. The fraction of sp³-hybridized carbons (Fsp3) is 0.909. The standard InChI is InChI=1S/C11H18N2O3/c12-8-7-3-1-5-15-10(7)9(8)13-4-2-6-16-11(13)14/h7-10H,1-6,12H2. The molecule has 1 amide bonds. The Morgan fingerprint density at radius 1 is 1.31 bits per heavy atom. The zero-order chi connectivity index (χ0) is 11.1. The van der Waals surface area contributed by atoms with Crippen LogP contribution in [0.15, 0.2) is 0 Å². The van der Waals surface area contributed by atoms with Crippen molar-refractivity contribution in [3.63, 3.8) is 0 Å². The van der Waals surface area contributed by atoms with E-state index in [9.17, 15) is 4.79 Å². The van der Waals surface area contributed by atoms with E-state index < -0.39 is 0 Å². The van der Waals surface area contributed by atoms with Crippen molar-refractivity contribution in [1.29, 1.82) is 0 Å². The number of nitrogens with two attached hydrogens (primary N) is 1. The summed E-state index contributed by atoms with van der Waals surface area (Å²) in [5.41, 5.74) is 6.14. The second kappa shape index (κ2) is 3.89. The maximum atomic E-state index is 11.6. The lowest BCUT2D eigenvalue weighted by molar-refractivity contribution is -0.152. The Bertz CT molecular complexity index is 297. The van der Waals surface area contributed by atoms with Gasteiger partial charge >= 0.3 is 6.09 Å². The molecule has 2 heterocycles. The molecule has 5 nitrogen and oxygen atoms in total. The molecule has 5 heteroatoms. The number of hydrogen-bond donors (Lipinski definition) is 1. The predicted molar refractivity (Wildman–Crippen MR) is 56.9 cm³/mol. The number of cyclic esters (lactones) is 1. The fourth-order valence-electron chi connectivity index (χ4n) is 3.14. The molecule has 0 bridgehead atoms. The lowest BCUT2D eigenvalue weighted by Gasteiger charge is -2.56. The van der Waals surface area contributed by atoms with E-state index in [1.54, 1.807) is 4.90 Å². The van der Waals surface area contributed by atoms with Crippen molar-refractivity contribution >= 4 is 6.09 Å². The minimum absolute atomic E-state index is 0.0399. The zero-order valence-electron chi connectivity index (χ0n) is 9.30. The highest BCUT2D eigenvalue weighted by atomic mass is 16.6. The van der Waals surface area contributed by atoms with Crippen LogP contribution in [0.5, 0.6) is 0 Å². The summed E-state index contributed by atoms with van der Waals surface area (Å²) in [6.07, 6.45) is 3.04. The topological polar surface area (TPSA) is 64.8 Å². The van der Waals surface area contributed by atoms with E-state index in [-0.39, 0.29) is 24.3 Å². The Hall–Kier alpha value is -0.810. The van der Waals surface area contributed by atoms with Crippen LogP contribution in [-0.4, -0.2) is 48.9 Å². The van der Waals surface area contributed by atoms with Crippen molar-refractivity contribution < 1.29 is 14.3 Å². The van der Waals surface area contributed by atoms with Gasteiger partial charge in [-0.05, 0) is 19.3 Å². The molecule has 0 aromatic heterocycles.